The molecule has 16 nitrogen and oxygen atoms in total. The zero-order valence-electron chi connectivity index (χ0n) is 20.9. The van der Waals surface area contributed by atoms with E-state index in [1.165, 1.54) is 10.9 Å². The Kier molecular flexibility index (Phi) is 7.98. The number of aliphatic hydroxyl groups is 2. The van der Waals surface area contributed by atoms with Crippen molar-refractivity contribution in [1.29, 1.82) is 0 Å². The Labute approximate surface area is 231 Å². The third-order valence-electron chi connectivity index (χ3n) is 6.38. The second-order valence-corrected chi connectivity index (χ2v) is 12.0. The zero-order valence-corrected chi connectivity index (χ0v) is 22.7. The van der Waals surface area contributed by atoms with Crippen molar-refractivity contribution in [3.63, 3.8) is 0 Å². The molecule has 1 fully saturated rings. The molecule has 1 aliphatic rings. The maximum absolute atomic E-state index is 13.2. The molecule has 0 bridgehead atoms. The number of nitrogens with zero attached hydrogens (tertiary/aromatic N) is 3. The summed E-state index contributed by atoms with van der Waals surface area (Å²) in [7, 11) is -10.6. The van der Waals surface area contributed by atoms with Crippen LogP contribution < -0.4 is 15.9 Å². The van der Waals surface area contributed by atoms with Crippen LogP contribution >= 0.6 is 15.6 Å². The van der Waals surface area contributed by atoms with E-state index in [1.807, 2.05) is 60.7 Å². The summed E-state index contributed by atoms with van der Waals surface area (Å²) < 4.78 is 39.8. The maximum atomic E-state index is 13.2. The molecule has 18 heteroatoms. The first-order chi connectivity index (χ1) is 19.3. The summed E-state index contributed by atoms with van der Waals surface area (Å²) in [5, 5.41) is 21.5. The second-order valence-electron chi connectivity index (χ2n) is 9.16. The number of nitrogens with one attached hydrogen (secondary N) is 1. The summed E-state index contributed by atoms with van der Waals surface area (Å²) in [6.07, 6.45) is -4.75. The van der Waals surface area contributed by atoms with E-state index in [4.69, 9.17) is 20.3 Å². The minimum Gasteiger partial charge on any atom is -0.387 e. The molecule has 1 aliphatic heterocycles. The van der Waals surface area contributed by atoms with E-state index in [2.05, 4.69) is 18.8 Å². The molecule has 1 saturated heterocycles. The fraction of sp³-hybridized carbons (Fsp3) is 0.261. The molecular weight excluding hydrogens is 584 g/mol. The van der Waals surface area contributed by atoms with Crippen LogP contribution in [0.3, 0.4) is 0 Å². The van der Waals surface area contributed by atoms with Crippen molar-refractivity contribution in [2.75, 3.05) is 12.3 Å². The number of aliphatic hydroxyl groups excluding tert-OH is 2. The fourth-order valence-electron chi connectivity index (χ4n) is 4.72. The average molecular weight is 610 g/mol. The van der Waals surface area contributed by atoms with Gasteiger partial charge in [0, 0.05) is 0 Å². The van der Waals surface area contributed by atoms with E-state index in [-0.39, 0.29) is 17.1 Å². The summed E-state index contributed by atoms with van der Waals surface area (Å²) >= 11 is 0. The SMILES string of the molecule is Nc1nc2c(c(=O)[nH]1)n(C(c1ccccc1)c1ccccc1)c[n+]2[C@@H]1O[C@H](COP(=O)(O)OP(=O)(O)O)[C@@H](O)[C@H]1O. The molecule has 5 atom stereocenters. The number of aromatic amines is 1. The van der Waals surface area contributed by atoms with Crippen LogP contribution in [0.2, 0.25) is 0 Å². The predicted octanol–water partition coefficient (Wildman–Crippen LogP) is 0.0775. The van der Waals surface area contributed by atoms with E-state index in [0.29, 0.717) is 0 Å². The van der Waals surface area contributed by atoms with Gasteiger partial charge in [0.25, 0.3) is 11.5 Å². The smallest absolute Gasteiger partial charge is 0.387 e. The zero-order chi connectivity index (χ0) is 29.5. The highest BCUT2D eigenvalue weighted by Gasteiger charge is 2.48. The highest BCUT2D eigenvalue weighted by molar-refractivity contribution is 7.60. The molecule has 218 valence electrons. The Hall–Kier alpha value is -3.27. The quantitative estimate of drug-likeness (QED) is 0.0982. The van der Waals surface area contributed by atoms with E-state index in [0.717, 1.165) is 11.1 Å². The Bertz CT molecular complexity index is 1660. The van der Waals surface area contributed by atoms with Crippen molar-refractivity contribution < 1.29 is 52.2 Å². The van der Waals surface area contributed by atoms with Gasteiger partial charge < -0.3 is 35.4 Å². The molecule has 2 aromatic carbocycles. The Morgan fingerprint density at radius 1 is 1.02 bits per heavy atom. The predicted molar refractivity (Wildman–Crippen MR) is 140 cm³/mol. The Morgan fingerprint density at radius 2 is 1.61 bits per heavy atom. The molecule has 4 aromatic rings. The van der Waals surface area contributed by atoms with Crippen molar-refractivity contribution in [2.24, 2.45) is 0 Å². The van der Waals surface area contributed by atoms with E-state index >= 15 is 0 Å². The molecule has 0 saturated carbocycles. The van der Waals surface area contributed by atoms with Gasteiger partial charge in [-0.25, -0.2) is 18.3 Å². The van der Waals surface area contributed by atoms with Crippen LogP contribution in [0.4, 0.5) is 5.95 Å². The molecule has 2 aromatic heterocycles. The fourth-order valence-corrected chi connectivity index (χ4v) is 6.32. The molecule has 3 heterocycles. The van der Waals surface area contributed by atoms with Gasteiger partial charge in [-0.1, -0.05) is 65.6 Å². The van der Waals surface area contributed by atoms with Crippen molar-refractivity contribution >= 4 is 32.8 Å². The summed E-state index contributed by atoms with van der Waals surface area (Å²) in [5.74, 6) is -0.228. The van der Waals surface area contributed by atoms with Gasteiger partial charge in [0.2, 0.25) is 11.7 Å². The van der Waals surface area contributed by atoms with Gasteiger partial charge in [0.1, 0.15) is 24.4 Å². The minimum absolute atomic E-state index is 0.00130. The number of aromatic nitrogens is 4. The van der Waals surface area contributed by atoms with E-state index in [1.54, 1.807) is 4.57 Å². The number of H-pyrrole nitrogens is 1. The summed E-state index contributed by atoms with van der Waals surface area (Å²) in [6.45, 7) is -0.894. The highest BCUT2D eigenvalue weighted by Crippen LogP contribution is 2.57. The molecular formula is C23H26N5O11P2+. The van der Waals surface area contributed by atoms with Crippen LogP contribution in [-0.2, 0) is 22.7 Å². The standard InChI is InChI=1S/C23H25N5O11P2/c24-23-25-20-17(21(31)26-23)27(16(13-7-3-1-4-8-13)14-9-5-2-6-10-14)12-28(20)22-19(30)18(29)15(38-22)11-37-41(35,36)39-40(32,33)34/h1-10,12,15-16,18-19,22,29-30H,11H2,(H5-,24,25,26,31,32,33,34,35,36)/p+1/t15-,18-,19-,22-/m1/s1. The number of anilines is 1. The van der Waals surface area contributed by atoms with Crippen LogP contribution in [0.5, 0.6) is 0 Å². The number of imidazole rings is 1. The van der Waals surface area contributed by atoms with Crippen LogP contribution in [0, 0.1) is 0 Å². The van der Waals surface area contributed by atoms with E-state index < -0.39 is 58.4 Å². The van der Waals surface area contributed by atoms with Gasteiger partial charge in [-0.05, 0) is 11.1 Å². The number of nitrogen functional groups attached to an aromatic ring is 1. The van der Waals surface area contributed by atoms with Gasteiger partial charge in [0.15, 0.2) is 6.33 Å². The lowest BCUT2D eigenvalue weighted by Gasteiger charge is -2.17. The molecule has 8 N–H and O–H groups in total. The number of phosphoric ester groups is 1. The van der Waals surface area contributed by atoms with Crippen molar-refractivity contribution in [1.82, 2.24) is 14.5 Å². The Balaban J connectivity index is 1.57. The van der Waals surface area contributed by atoms with Crippen LogP contribution in [-0.4, -0.2) is 64.3 Å². The summed E-state index contributed by atoms with van der Waals surface area (Å²) in [5.41, 5.74) is 6.93. The highest BCUT2D eigenvalue weighted by atomic mass is 31.3. The average Bonchev–Trinajstić information content (AvgIpc) is 3.40. The van der Waals surface area contributed by atoms with E-state index in [9.17, 15) is 29.0 Å². The normalized spacial score (nSPS) is 22.8. The van der Waals surface area contributed by atoms with Gasteiger partial charge in [0.05, 0.1) is 6.61 Å². The first kappa shape index (κ1) is 29.2. The number of hydrogen-bond acceptors (Lipinski definition) is 10. The minimum atomic E-state index is -5.38. The van der Waals surface area contributed by atoms with Crippen LogP contribution in [0.1, 0.15) is 23.4 Å². The number of fused-ring (bicyclic) bond motifs is 1. The molecule has 0 radical (unpaired) electrons. The lowest BCUT2D eigenvalue weighted by Crippen LogP contribution is -2.46. The van der Waals surface area contributed by atoms with Crippen LogP contribution in [0.25, 0.3) is 11.2 Å². The molecule has 1 unspecified atom stereocenters. The number of rotatable bonds is 9. The summed E-state index contributed by atoms with van der Waals surface area (Å²) in [4.78, 5) is 47.1. The number of benzene rings is 2. The van der Waals surface area contributed by atoms with Crippen molar-refractivity contribution in [3.05, 3.63) is 88.5 Å². The molecule has 0 amide bonds. The molecule has 0 spiro atoms. The van der Waals surface area contributed by atoms with Crippen LogP contribution in [0.15, 0.2) is 71.8 Å². The lowest BCUT2D eigenvalue weighted by molar-refractivity contribution is -0.746. The third-order valence-corrected chi connectivity index (χ3v) is 8.53. The number of phosphoric acid groups is 2. The van der Waals surface area contributed by atoms with Gasteiger partial charge >= 0.3 is 21.3 Å². The molecule has 41 heavy (non-hydrogen) atoms. The maximum Gasteiger partial charge on any atom is 0.481 e. The molecule has 5 rings (SSSR count). The monoisotopic (exact) mass is 610 g/mol. The largest absolute Gasteiger partial charge is 0.481 e. The third kappa shape index (κ3) is 6.17. The van der Waals surface area contributed by atoms with Crippen molar-refractivity contribution in [3.8, 4) is 0 Å². The number of nitrogens with two attached hydrogens (primary N) is 1. The van der Waals surface area contributed by atoms with Gasteiger partial charge in [-0.15, -0.1) is 0 Å². The summed E-state index contributed by atoms with van der Waals surface area (Å²) in [6, 6.07) is 18.0. The first-order valence-electron chi connectivity index (χ1n) is 12.0. The van der Waals surface area contributed by atoms with Gasteiger partial charge in [-0.2, -0.15) is 4.31 Å². The number of hydrogen-bond donors (Lipinski definition) is 7. The first-order valence-corrected chi connectivity index (χ1v) is 15.0. The number of ether oxygens (including phenoxy) is 1. The van der Waals surface area contributed by atoms with Crippen molar-refractivity contribution in [2.45, 2.75) is 30.6 Å². The molecule has 0 aliphatic carbocycles. The lowest BCUT2D eigenvalue weighted by atomic mass is 9.98. The second kappa shape index (κ2) is 11.2. The Morgan fingerprint density at radius 3 is 2.17 bits per heavy atom. The van der Waals surface area contributed by atoms with Gasteiger partial charge in [-0.3, -0.25) is 14.3 Å². The topological polar surface area (TPSA) is 244 Å².